The molecule has 1 aliphatic rings. The molecule has 2 atom stereocenters. The summed E-state index contributed by atoms with van der Waals surface area (Å²) in [5, 5.41) is 13.0. The highest BCUT2D eigenvalue weighted by atomic mass is 15.3. The molecule has 0 amide bonds. The quantitative estimate of drug-likeness (QED) is 0.867. The Balaban J connectivity index is 1.69. The average molecular weight is 297 g/mol. The molecule has 116 valence electrons. The molecular weight excluding hydrogens is 274 g/mol. The third-order valence-corrected chi connectivity index (χ3v) is 4.12. The second-order valence-electron chi connectivity index (χ2n) is 5.81. The first kappa shape index (κ1) is 14.8. The standard InChI is InChI=1S/C17H23N5/c1-14(19-21-10-3-4-11-21)16-8-7-9-17(18-16)15(2)20-22-12-5-6-13-22/h3-6,10-13,16-18H,7-9H2,1-2H3/b19-14+,20-15+. The molecule has 0 radical (unpaired) electrons. The van der Waals surface area contributed by atoms with Gasteiger partial charge in [0.25, 0.3) is 0 Å². The van der Waals surface area contributed by atoms with E-state index in [-0.39, 0.29) is 0 Å². The van der Waals surface area contributed by atoms with Crippen molar-refractivity contribution in [2.24, 2.45) is 10.2 Å². The molecule has 2 aromatic heterocycles. The highest BCUT2D eigenvalue weighted by Crippen LogP contribution is 2.16. The Kier molecular flexibility index (Phi) is 4.53. The molecule has 3 heterocycles. The maximum atomic E-state index is 4.64. The first-order valence-corrected chi connectivity index (χ1v) is 7.85. The van der Waals surface area contributed by atoms with Gasteiger partial charge in [0.2, 0.25) is 0 Å². The Morgan fingerprint density at radius 3 is 1.64 bits per heavy atom. The summed E-state index contributed by atoms with van der Waals surface area (Å²) in [5.74, 6) is 0. The molecule has 2 aromatic rings. The molecule has 1 aliphatic heterocycles. The van der Waals surface area contributed by atoms with Crippen LogP contribution in [0.4, 0.5) is 0 Å². The SMILES string of the molecule is C/C(=N\n1cccc1)C1CCCC(/C(C)=N/n2cccc2)N1. The van der Waals surface area contributed by atoms with Crippen LogP contribution in [0.5, 0.6) is 0 Å². The van der Waals surface area contributed by atoms with Gasteiger partial charge >= 0.3 is 0 Å². The summed E-state index contributed by atoms with van der Waals surface area (Å²) in [7, 11) is 0. The molecule has 1 saturated heterocycles. The van der Waals surface area contributed by atoms with Gasteiger partial charge in [-0.25, -0.2) is 9.35 Å². The first-order valence-electron chi connectivity index (χ1n) is 7.85. The van der Waals surface area contributed by atoms with Crippen LogP contribution in [-0.2, 0) is 0 Å². The monoisotopic (exact) mass is 297 g/mol. The molecule has 0 saturated carbocycles. The molecule has 0 bridgehead atoms. The normalized spacial score (nSPS) is 23.7. The van der Waals surface area contributed by atoms with Crippen molar-refractivity contribution >= 4 is 11.4 Å². The smallest absolute Gasteiger partial charge is 0.0527 e. The van der Waals surface area contributed by atoms with E-state index in [1.165, 1.54) is 6.42 Å². The van der Waals surface area contributed by atoms with Crippen molar-refractivity contribution in [2.75, 3.05) is 0 Å². The van der Waals surface area contributed by atoms with E-state index >= 15 is 0 Å². The largest absolute Gasteiger partial charge is 0.301 e. The lowest BCUT2D eigenvalue weighted by atomic mass is 9.94. The van der Waals surface area contributed by atoms with Crippen LogP contribution in [0.1, 0.15) is 33.1 Å². The van der Waals surface area contributed by atoms with Crippen molar-refractivity contribution < 1.29 is 0 Å². The van der Waals surface area contributed by atoms with Crippen molar-refractivity contribution in [3.63, 3.8) is 0 Å². The van der Waals surface area contributed by atoms with Crippen LogP contribution in [0.3, 0.4) is 0 Å². The summed E-state index contributed by atoms with van der Waals surface area (Å²) < 4.78 is 3.72. The van der Waals surface area contributed by atoms with Gasteiger partial charge in [0.05, 0.1) is 11.4 Å². The fraction of sp³-hybridized carbons (Fsp3) is 0.412. The Morgan fingerprint density at radius 2 is 1.23 bits per heavy atom. The topological polar surface area (TPSA) is 46.6 Å². The summed E-state index contributed by atoms with van der Waals surface area (Å²) in [4.78, 5) is 0. The van der Waals surface area contributed by atoms with Gasteiger partial charge in [0, 0.05) is 36.9 Å². The Bertz CT molecular complexity index is 580. The van der Waals surface area contributed by atoms with E-state index in [2.05, 4.69) is 29.4 Å². The van der Waals surface area contributed by atoms with E-state index in [0.29, 0.717) is 12.1 Å². The molecule has 0 aromatic carbocycles. The van der Waals surface area contributed by atoms with Crippen LogP contribution >= 0.6 is 0 Å². The van der Waals surface area contributed by atoms with Gasteiger partial charge in [-0.15, -0.1) is 0 Å². The molecule has 1 N–H and O–H groups in total. The molecule has 1 fully saturated rings. The minimum absolute atomic E-state index is 0.316. The van der Waals surface area contributed by atoms with Crippen LogP contribution in [0, 0.1) is 0 Å². The summed E-state index contributed by atoms with van der Waals surface area (Å²) in [6.45, 7) is 4.19. The number of nitrogens with one attached hydrogen (secondary N) is 1. The predicted octanol–water partition coefficient (Wildman–Crippen LogP) is 2.95. The highest BCUT2D eigenvalue weighted by Gasteiger charge is 2.24. The van der Waals surface area contributed by atoms with E-state index in [1.54, 1.807) is 0 Å². The lowest BCUT2D eigenvalue weighted by Gasteiger charge is -2.31. The molecular formula is C17H23N5. The molecule has 5 heteroatoms. The van der Waals surface area contributed by atoms with Gasteiger partial charge in [-0.1, -0.05) is 0 Å². The average Bonchev–Trinajstić information content (AvgIpc) is 3.21. The minimum Gasteiger partial charge on any atom is -0.301 e. The number of piperidine rings is 1. The van der Waals surface area contributed by atoms with E-state index in [0.717, 1.165) is 24.3 Å². The number of rotatable bonds is 4. The summed E-state index contributed by atoms with van der Waals surface area (Å²) in [6, 6.07) is 8.58. The minimum atomic E-state index is 0.316. The second kappa shape index (κ2) is 6.75. The van der Waals surface area contributed by atoms with Crippen LogP contribution in [0.15, 0.2) is 59.3 Å². The van der Waals surface area contributed by atoms with Crippen LogP contribution in [0.2, 0.25) is 0 Å². The number of aromatic nitrogens is 2. The molecule has 5 nitrogen and oxygen atoms in total. The Labute approximate surface area is 131 Å². The fourth-order valence-electron chi connectivity index (χ4n) is 2.88. The van der Waals surface area contributed by atoms with Crippen molar-refractivity contribution in [3.8, 4) is 0 Å². The molecule has 0 aliphatic carbocycles. The van der Waals surface area contributed by atoms with Crippen molar-refractivity contribution in [3.05, 3.63) is 49.1 Å². The lowest BCUT2D eigenvalue weighted by molar-refractivity contribution is 0.424. The Hall–Kier alpha value is -2.14. The summed E-state index contributed by atoms with van der Waals surface area (Å²) in [5.41, 5.74) is 2.24. The van der Waals surface area contributed by atoms with Crippen molar-refractivity contribution in [2.45, 2.75) is 45.2 Å². The van der Waals surface area contributed by atoms with Gasteiger partial charge in [-0.05, 0) is 57.4 Å². The second-order valence-corrected chi connectivity index (χ2v) is 5.81. The number of hydrogen-bond donors (Lipinski definition) is 1. The first-order chi connectivity index (χ1) is 10.7. The van der Waals surface area contributed by atoms with Gasteiger partial charge in [0.1, 0.15) is 0 Å². The molecule has 22 heavy (non-hydrogen) atoms. The van der Waals surface area contributed by atoms with Crippen molar-refractivity contribution in [1.29, 1.82) is 0 Å². The van der Waals surface area contributed by atoms with Gasteiger partial charge < -0.3 is 5.32 Å². The predicted molar refractivity (Wildman–Crippen MR) is 90.4 cm³/mol. The number of hydrogen-bond acceptors (Lipinski definition) is 3. The van der Waals surface area contributed by atoms with Crippen LogP contribution in [-0.4, -0.2) is 32.9 Å². The van der Waals surface area contributed by atoms with E-state index in [1.807, 2.05) is 58.4 Å². The maximum Gasteiger partial charge on any atom is 0.0527 e. The Morgan fingerprint density at radius 1 is 0.818 bits per heavy atom. The van der Waals surface area contributed by atoms with Gasteiger partial charge in [0.15, 0.2) is 0 Å². The zero-order valence-electron chi connectivity index (χ0n) is 13.2. The third-order valence-electron chi connectivity index (χ3n) is 4.12. The molecule has 3 rings (SSSR count). The molecule has 0 spiro atoms. The summed E-state index contributed by atoms with van der Waals surface area (Å²) in [6.07, 6.45) is 11.3. The third kappa shape index (κ3) is 3.54. The highest BCUT2D eigenvalue weighted by molar-refractivity contribution is 5.91. The van der Waals surface area contributed by atoms with Crippen molar-refractivity contribution in [1.82, 2.24) is 14.7 Å². The zero-order chi connectivity index (χ0) is 15.4. The van der Waals surface area contributed by atoms with E-state index < -0.39 is 0 Å². The van der Waals surface area contributed by atoms with E-state index in [4.69, 9.17) is 0 Å². The molecule has 2 unspecified atom stereocenters. The van der Waals surface area contributed by atoms with Crippen LogP contribution < -0.4 is 5.32 Å². The number of nitrogens with zero attached hydrogens (tertiary/aromatic N) is 4. The van der Waals surface area contributed by atoms with Gasteiger partial charge in [-0.2, -0.15) is 10.2 Å². The zero-order valence-corrected chi connectivity index (χ0v) is 13.2. The van der Waals surface area contributed by atoms with Gasteiger partial charge in [-0.3, -0.25) is 0 Å². The fourth-order valence-corrected chi connectivity index (χ4v) is 2.88. The summed E-state index contributed by atoms with van der Waals surface area (Å²) >= 11 is 0. The van der Waals surface area contributed by atoms with E-state index in [9.17, 15) is 0 Å². The lowest BCUT2D eigenvalue weighted by Crippen LogP contribution is -2.49. The van der Waals surface area contributed by atoms with Crippen LogP contribution in [0.25, 0.3) is 0 Å². The maximum absolute atomic E-state index is 4.64.